The number of nitrogens with zero attached hydrogens (tertiary/aromatic N) is 4. The number of rotatable bonds is 3. The van der Waals surface area contributed by atoms with Gasteiger partial charge in [-0.3, -0.25) is 0 Å². The van der Waals surface area contributed by atoms with E-state index < -0.39 is 0 Å². The predicted octanol–water partition coefficient (Wildman–Crippen LogP) is 2.11. The molecule has 0 unspecified atom stereocenters. The Morgan fingerprint density at radius 1 is 1.10 bits per heavy atom. The van der Waals surface area contributed by atoms with Gasteiger partial charge in [0.25, 0.3) is 0 Å². The van der Waals surface area contributed by atoms with E-state index in [1.807, 2.05) is 18.2 Å². The molecule has 0 fully saturated rings. The van der Waals surface area contributed by atoms with Gasteiger partial charge >= 0.3 is 0 Å². The highest BCUT2D eigenvalue weighted by Gasteiger charge is 2.06. The van der Waals surface area contributed by atoms with Crippen molar-refractivity contribution in [1.29, 1.82) is 0 Å². The fourth-order valence-corrected chi connectivity index (χ4v) is 1.90. The molecule has 0 radical (unpaired) electrons. The van der Waals surface area contributed by atoms with Crippen LogP contribution in [0.25, 0.3) is 11.4 Å². The summed E-state index contributed by atoms with van der Waals surface area (Å²) in [6.45, 7) is 0.368. The third-order valence-electron chi connectivity index (χ3n) is 2.81. The summed E-state index contributed by atoms with van der Waals surface area (Å²) in [4.78, 5) is 1.42. The molecule has 0 bridgehead atoms. The summed E-state index contributed by atoms with van der Waals surface area (Å²) < 4.78 is 13.1. The molecular weight excluding hydrogens is 257 g/mol. The topological polar surface area (TPSA) is 69.6 Å². The molecule has 1 heterocycles. The van der Waals surface area contributed by atoms with E-state index in [1.54, 1.807) is 18.2 Å². The Morgan fingerprint density at radius 3 is 2.75 bits per heavy atom. The molecule has 2 N–H and O–H groups in total. The average molecular weight is 269 g/mol. The third-order valence-corrected chi connectivity index (χ3v) is 2.81. The van der Waals surface area contributed by atoms with Crippen LogP contribution in [0.5, 0.6) is 0 Å². The van der Waals surface area contributed by atoms with Gasteiger partial charge in [-0.2, -0.15) is 4.80 Å². The number of hydrogen-bond acceptors (Lipinski definition) is 4. The standard InChI is InChI=1S/C14H12FN5/c15-12-5-1-3-10(7-12)9-20-18-14(17-19-20)11-4-2-6-13(16)8-11/h1-8H,9,16H2. The zero-order chi connectivity index (χ0) is 13.9. The van der Waals surface area contributed by atoms with Crippen LogP contribution in [0.1, 0.15) is 5.56 Å². The van der Waals surface area contributed by atoms with Gasteiger partial charge < -0.3 is 5.73 Å². The van der Waals surface area contributed by atoms with Gasteiger partial charge in [-0.1, -0.05) is 24.3 Å². The Morgan fingerprint density at radius 2 is 1.95 bits per heavy atom. The van der Waals surface area contributed by atoms with Crippen LogP contribution in [-0.4, -0.2) is 20.2 Å². The summed E-state index contributed by atoms with van der Waals surface area (Å²) in [6.07, 6.45) is 0. The number of benzene rings is 2. The molecule has 3 rings (SSSR count). The highest BCUT2D eigenvalue weighted by atomic mass is 19.1. The summed E-state index contributed by atoms with van der Waals surface area (Å²) in [7, 11) is 0. The van der Waals surface area contributed by atoms with Crippen LogP contribution in [0.15, 0.2) is 48.5 Å². The Kier molecular flexibility index (Phi) is 3.12. The summed E-state index contributed by atoms with van der Waals surface area (Å²) in [5.41, 5.74) is 7.94. The molecule has 0 atom stereocenters. The number of tetrazole rings is 1. The molecule has 0 aliphatic heterocycles. The lowest BCUT2D eigenvalue weighted by molar-refractivity contribution is 0.567. The second-order valence-corrected chi connectivity index (χ2v) is 4.40. The van der Waals surface area contributed by atoms with Crippen LogP contribution in [0.3, 0.4) is 0 Å². The lowest BCUT2D eigenvalue weighted by atomic mass is 10.2. The van der Waals surface area contributed by atoms with E-state index in [0.717, 1.165) is 11.1 Å². The van der Waals surface area contributed by atoms with E-state index >= 15 is 0 Å². The first kappa shape index (κ1) is 12.3. The molecule has 0 spiro atoms. The molecule has 0 saturated heterocycles. The number of halogens is 1. The van der Waals surface area contributed by atoms with Gasteiger partial charge in [0, 0.05) is 11.3 Å². The fourth-order valence-electron chi connectivity index (χ4n) is 1.90. The third kappa shape index (κ3) is 2.64. The number of aromatic nitrogens is 4. The van der Waals surface area contributed by atoms with Crippen molar-refractivity contribution in [2.75, 3.05) is 5.73 Å². The van der Waals surface area contributed by atoms with Crippen molar-refractivity contribution < 1.29 is 4.39 Å². The maximum absolute atomic E-state index is 13.1. The molecule has 3 aromatic rings. The molecule has 0 amide bonds. The first-order chi connectivity index (χ1) is 9.70. The molecule has 6 heteroatoms. The van der Waals surface area contributed by atoms with Gasteiger partial charge in [0.15, 0.2) is 0 Å². The van der Waals surface area contributed by atoms with Gasteiger partial charge in [-0.15, -0.1) is 10.2 Å². The Bertz CT molecular complexity index is 738. The minimum atomic E-state index is -0.279. The average Bonchev–Trinajstić information content (AvgIpc) is 2.87. The molecule has 100 valence electrons. The fraction of sp³-hybridized carbons (Fsp3) is 0.0714. The smallest absolute Gasteiger partial charge is 0.205 e. The van der Waals surface area contributed by atoms with E-state index in [1.165, 1.54) is 16.9 Å². The van der Waals surface area contributed by atoms with Crippen LogP contribution < -0.4 is 5.73 Å². The summed E-state index contributed by atoms with van der Waals surface area (Å²) in [5.74, 6) is 0.215. The van der Waals surface area contributed by atoms with E-state index in [4.69, 9.17) is 5.73 Å². The largest absolute Gasteiger partial charge is 0.399 e. The lowest BCUT2D eigenvalue weighted by Gasteiger charge is -1.99. The molecular formula is C14H12FN5. The zero-order valence-electron chi connectivity index (χ0n) is 10.6. The molecule has 2 aromatic carbocycles. The van der Waals surface area contributed by atoms with Crippen LogP contribution in [0, 0.1) is 5.82 Å². The summed E-state index contributed by atoms with van der Waals surface area (Å²) in [6, 6.07) is 13.6. The Balaban J connectivity index is 1.84. The van der Waals surface area contributed by atoms with E-state index in [-0.39, 0.29) is 5.82 Å². The van der Waals surface area contributed by atoms with E-state index in [0.29, 0.717) is 18.1 Å². The van der Waals surface area contributed by atoms with Crippen LogP contribution in [0.2, 0.25) is 0 Å². The molecule has 1 aromatic heterocycles. The number of nitrogens with two attached hydrogens (primary N) is 1. The SMILES string of the molecule is Nc1cccc(-c2nnn(Cc3cccc(F)c3)n2)c1. The van der Waals surface area contributed by atoms with Crippen LogP contribution in [0.4, 0.5) is 10.1 Å². The highest BCUT2D eigenvalue weighted by molar-refractivity contribution is 5.60. The van der Waals surface area contributed by atoms with Gasteiger partial charge in [-0.25, -0.2) is 4.39 Å². The Hall–Kier alpha value is -2.76. The molecule has 0 saturated carbocycles. The number of hydrogen-bond donors (Lipinski definition) is 1. The van der Waals surface area contributed by atoms with Crippen molar-refractivity contribution >= 4 is 5.69 Å². The number of anilines is 1. The molecule has 0 aliphatic rings. The Labute approximate surface area is 114 Å². The summed E-state index contributed by atoms with van der Waals surface area (Å²) >= 11 is 0. The van der Waals surface area contributed by atoms with Crippen molar-refractivity contribution in [2.45, 2.75) is 6.54 Å². The molecule has 20 heavy (non-hydrogen) atoms. The predicted molar refractivity (Wildman–Crippen MR) is 73.2 cm³/mol. The maximum atomic E-state index is 13.1. The summed E-state index contributed by atoms with van der Waals surface area (Å²) in [5, 5.41) is 12.2. The van der Waals surface area contributed by atoms with Crippen molar-refractivity contribution in [3.63, 3.8) is 0 Å². The van der Waals surface area contributed by atoms with Crippen molar-refractivity contribution in [1.82, 2.24) is 20.2 Å². The van der Waals surface area contributed by atoms with E-state index in [9.17, 15) is 4.39 Å². The van der Waals surface area contributed by atoms with Crippen molar-refractivity contribution in [3.8, 4) is 11.4 Å². The number of nitrogen functional groups attached to an aromatic ring is 1. The van der Waals surface area contributed by atoms with Crippen molar-refractivity contribution in [2.24, 2.45) is 0 Å². The van der Waals surface area contributed by atoms with Gasteiger partial charge in [0.2, 0.25) is 5.82 Å². The normalized spacial score (nSPS) is 10.7. The molecule has 5 nitrogen and oxygen atoms in total. The first-order valence-corrected chi connectivity index (χ1v) is 6.09. The second-order valence-electron chi connectivity index (χ2n) is 4.40. The van der Waals surface area contributed by atoms with Gasteiger partial charge in [0.05, 0.1) is 6.54 Å². The van der Waals surface area contributed by atoms with Crippen LogP contribution >= 0.6 is 0 Å². The van der Waals surface area contributed by atoms with Gasteiger partial charge in [-0.05, 0) is 35.0 Å². The second kappa shape index (κ2) is 5.08. The first-order valence-electron chi connectivity index (χ1n) is 6.09. The van der Waals surface area contributed by atoms with E-state index in [2.05, 4.69) is 15.4 Å². The minimum absolute atomic E-state index is 0.279. The maximum Gasteiger partial charge on any atom is 0.205 e. The highest BCUT2D eigenvalue weighted by Crippen LogP contribution is 2.16. The van der Waals surface area contributed by atoms with Crippen molar-refractivity contribution in [3.05, 3.63) is 59.9 Å². The van der Waals surface area contributed by atoms with Gasteiger partial charge in [0.1, 0.15) is 5.82 Å². The lowest BCUT2D eigenvalue weighted by Crippen LogP contribution is -2.04. The quantitative estimate of drug-likeness (QED) is 0.739. The zero-order valence-corrected chi connectivity index (χ0v) is 10.6. The van der Waals surface area contributed by atoms with Crippen LogP contribution in [-0.2, 0) is 6.54 Å². The monoisotopic (exact) mass is 269 g/mol. The molecule has 0 aliphatic carbocycles. The minimum Gasteiger partial charge on any atom is -0.399 e.